The number of rotatable bonds is 19. The summed E-state index contributed by atoms with van der Waals surface area (Å²) in [5, 5.41) is 53.0. The van der Waals surface area contributed by atoms with Crippen LogP contribution in [-0.2, 0) is 90.7 Å². The first-order valence-electron chi connectivity index (χ1n) is 37.9. The lowest BCUT2D eigenvalue weighted by atomic mass is 9.91. The maximum absolute atomic E-state index is 12.6. The average molecular weight is 2090 g/mol. The van der Waals surface area contributed by atoms with E-state index in [1.807, 2.05) is 78.6 Å². The quantitative estimate of drug-likeness (QED) is 0.0432. The van der Waals surface area contributed by atoms with Crippen molar-refractivity contribution in [3.05, 3.63) is 59.7 Å². The number of carbonyl (C=O) groups excluding carboxylic acids is 4. The summed E-state index contributed by atoms with van der Waals surface area (Å²) in [6.07, 6.45) is 13.0. The van der Waals surface area contributed by atoms with Crippen LogP contribution in [0, 0.1) is 24.7 Å². The van der Waals surface area contributed by atoms with Crippen molar-refractivity contribution in [1.82, 2.24) is 0 Å². The Kier molecular flexibility index (Phi) is 60.8. The number of hydrogen-bond donors (Lipinski definition) is 6. The molecule has 11 aliphatic heterocycles. The van der Waals surface area contributed by atoms with Crippen LogP contribution >= 0.6 is 195 Å². The van der Waals surface area contributed by atoms with E-state index in [4.69, 9.17) is 39.0 Å². The maximum atomic E-state index is 12.6. The van der Waals surface area contributed by atoms with E-state index in [1.165, 1.54) is 130 Å². The molecule has 46 heteroatoms. The second kappa shape index (κ2) is 63.0. The number of Topliss-reactive ketones (excluding diaryl/α,β-unsaturated/α-hetero) is 4. The van der Waals surface area contributed by atoms with Crippen molar-refractivity contribution >= 4 is 285 Å². The van der Waals surface area contributed by atoms with Crippen LogP contribution in [0.3, 0.4) is 0 Å². The molecule has 12 atom stereocenters. The molecule has 11 fully saturated rings. The Morgan fingerprint density at radius 3 is 1.39 bits per heavy atom. The van der Waals surface area contributed by atoms with Gasteiger partial charge in [-0.05, 0) is 179 Å². The van der Waals surface area contributed by atoms with Crippen LogP contribution in [0.5, 0.6) is 0 Å². The van der Waals surface area contributed by atoms with E-state index in [0.717, 1.165) is 135 Å². The number of hydrogen-bond acceptors (Lipinski definition) is 38. The first-order chi connectivity index (χ1) is 55.8. The van der Waals surface area contributed by atoms with Crippen LogP contribution in [0.15, 0.2) is 58.3 Å². The molecular formula is C72H114O23S23. The number of aliphatic hydroxyl groups excluding tert-OH is 3. The minimum absolute atomic E-state index is 0.00519. The van der Waals surface area contributed by atoms with E-state index in [9.17, 15) is 67.2 Å². The molecule has 0 spiro atoms. The van der Waals surface area contributed by atoms with Crippen LogP contribution < -0.4 is 0 Å². The van der Waals surface area contributed by atoms with Gasteiger partial charge in [-0.1, -0.05) is 221 Å². The van der Waals surface area contributed by atoms with Crippen molar-refractivity contribution in [2.75, 3.05) is 98.7 Å². The van der Waals surface area contributed by atoms with E-state index in [1.54, 1.807) is 118 Å². The predicted molar refractivity (Wildman–Crippen MR) is 524 cm³/mol. The summed E-state index contributed by atoms with van der Waals surface area (Å²) in [5.74, 6) is 12.4. The summed E-state index contributed by atoms with van der Waals surface area (Å²) in [5.41, 5.74) is 1.56. The fourth-order valence-electron chi connectivity index (χ4n) is 9.69. The molecule has 11 saturated heterocycles. The fraction of sp³-hybridized carbons (Fsp3) is 0.736. The van der Waals surface area contributed by atoms with Crippen LogP contribution in [0.1, 0.15) is 155 Å². The van der Waals surface area contributed by atoms with Gasteiger partial charge < -0.3 is 35.4 Å². The van der Waals surface area contributed by atoms with Crippen LogP contribution in [0.25, 0.3) is 0 Å². The monoisotopic (exact) mass is 2080 g/mol. The minimum Gasteiger partial charge on any atom is -0.481 e. The van der Waals surface area contributed by atoms with Gasteiger partial charge >= 0.3 is 17.9 Å². The SMILES string of the molecule is C1CSSC1.CC(=O)C1CC(C(=O)O)SS1.CC(=O)C1CCC(C(=O)O)SS1.CC(=O)C1CCSS1.CC(=O)CCCCC1CCSS1.CC1(C(=O)O)CSSC1.CCC1(CO)CSSC1.Cc1ccc(S(=O)(=O)OC2CSS(=O)CC2OS(=O)(=O)c2ccc(C)cc2)cc1.O=S1(=O)CCCCS1.O=S1CCCCS1.OC1CCSCC1O. The zero-order valence-electron chi connectivity index (χ0n) is 67.2. The molecule has 0 bridgehead atoms. The Morgan fingerprint density at radius 2 is 1.04 bits per heavy atom. The number of thioether (sulfide) groups is 1. The highest BCUT2D eigenvalue weighted by atomic mass is 33.1. The predicted octanol–water partition coefficient (Wildman–Crippen LogP) is 17.2. The fourth-order valence-corrected chi connectivity index (χ4v) is 42.8. The molecule has 12 unspecified atom stereocenters. The lowest BCUT2D eigenvalue weighted by Gasteiger charge is -2.29. The first kappa shape index (κ1) is 114. The van der Waals surface area contributed by atoms with Gasteiger partial charge in [0.2, 0.25) is 8.87 Å². The van der Waals surface area contributed by atoms with Gasteiger partial charge in [0.25, 0.3) is 20.2 Å². The lowest BCUT2D eigenvalue weighted by Crippen LogP contribution is -2.43. The molecule has 0 aliphatic carbocycles. The molecule has 2 aromatic carbocycles. The van der Waals surface area contributed by atoms with Gasteiger partial charge in [0, 0.05) is 91.9 Å². The maximum Gasteiger partial charge on any atom is 0.317 e. The first-order valence-corrected chi connectivity index (χ1v) is 67.4. The Morgan fingerprint density at radius 1 is 0.525 bits per heavy atom. The molecule has 11 aliphatic rings. The third kappa shape index (κ3) is 49.1. The number of aliphatic hydroxyl groups is 3. The third-order valence-corrected chi connectivity index (χ3v) is 51.9. The molecule has 0 amide bonds. The van der Waals surface area contributed by atoms with Crippen molar-refractivity contribution in [3.63, 3.8) is 0 Å². The van der Waals surface area contributed by atoms with Crippen LogP contribution in [0.2, 0.25) is 0 Å². The van der Waals surface area contributed by atoms with Crippen LogP contribution in [0.4, 0.5) is 0 Å². The normalized spacial score (nSPS) is 27.0. The van der Waals surface area contributed by atoms with Gasteiger partial charge in [0.1, 0.15) is 45.8 Å². The number of carboxylic acids is 3. The lowest BCUT2D eigenvalue weighted by molar-refractivity contribution is -0.145. The number of aryl methyl sites for hydroxylation is 2. The number of benzene rings is 2. The summed E-state index contributed by atoms with van der Waals surface area (Å²) in [6.45, 7) is 14.4. The number of unbranched alkanes of at least 4 members (excludes halogenated alkanes) is 1. The summed E-state index contributed by atoms with van der Waals surface area (Å²) < 4.78 is 105. The Labute approximate surface area is 775 Å². The largest absolute Gasteiger partial charge is 0.481 e. The number of carboxylic acid groups (broad SMARTS) is 3. The molecule has 118 heavy (non-hydrogen) atoms. The van der Waals surface area contributed by atoms with E-state index < -0.39 is 102 Å². The highest BCUT2D eigenvalue weighted by Crippen LogP contribution is 2.47. The van der Waals surface area contributed by atoms with Gasteiger partial charge in [-0.25, -0.2) is 16.8 Å². The van der Waals surface area contributed by atoms with Crippen molar-refractivity contribution in [2.24, 2.45) is 10.8 Å². The van der Waals surface area contributed by atoms with E-state index in [2.05, 4.69) is 6.92 Å². The molecule has 23 nitrogen and oxygen atoms in total. The Hall–Kier alpha value is 1.78. The molecule has 0 saturated carbocycles. The summed E-state index contributed by atoms with van der Waals surface area (Å²) in [6, 6.07) is 12.2. The topological polar surface area (TPSA) is 396 Å². The average Bonchev–Trinajstić information content (AvgIpc) is 1.09. The summed E-state index contributed by atoms with van der Waals surface area (Å²) >= 11 is 1.70. The van der Waals surface area contributed by atoms with Crippen LogP contribution in [-0.4, -0.2) is 260 Å². The van der Waals surface area contributed by atoms with Crippen molar-refractivity contribution in [3.8, 4) is 0 Å². The standard InChI is InChI=1S/C18H20O7S4.C9H16OS2.C7H10O3S2.C6H8O3S2.C6H12OS2.C5H8O2S2.C5H10O2S.C5H8OS2.C4H8O2S2.C4H8OS2.C3H6S2/c1-13-3-7-15(8-4-13)28(20,21)24-17-11-26-27(19)12-18(17)25-29(22,23)16-9-5-14(2)6-10-16;1-8(10)4-2-3-5-9-6-7-11-12-9;1-4(8)5-2-3-6(7(9)10)12-11-5;1-3(7)4-2-5(6(8)9)11-10-4;1-2-6(3-7)4-8-9-5-6;1-5(4(6)7)2-8-9-3-5;6-4-1-2-8-3-5(4)7;1-4(6)5-2-3-7-8-5;5-8(6)4-2-1-3-7-8;5-7-4-2-1-3-6-7;1-2-4-5-3-1/h3-10,17-18H,11-12H2,1-2H3;9H,2-7H2,1H3;5-6H,2-3H2,1H3,(H,9,10);4-5H,2H2,1H3,(H,8,9);7H,2-5H2,1H3;2-3H2,1H3,(H,6,7);4-7H,1-3H2;5H,2-3H2,1H3;1-4H2;1-4H2;1-3H2. The molecule has 13 rings (SSSR count). The van der Waals surface area contributed by atoms with Crippen molar-refractivity contribution < 1.29 is 106 Å². The number of aliphatic carboxylic acids is 3. The van der Waals surface area contributed by atoms with E-state index in [-0.39, 0.29) is 54.0 Å². The van der Waals surface area contributed by atoms with Gasteiger partial charge in [0.05, 0.1) is 80.9 Å². The third-order valence-electron chi connectivity index (χ3n) is 17.5. The molecule has 0 aromatic heterocycles. The minimum atomic E-state index is -4.18. The van der Waals surface area contributed by atoms with Gasteiger partial charge in [-0.2, -0.15) is 28.6 Å². The number of carbonyl (C=O) groups is 7. The molecule has 0 radical (unpaired) electrons. The molecular weight excluding hydrogens is 1970 g/mol. The molecule has 6 N–H and O–H groups in total. The van der Waals surface area contributed by atoms with Crippen molar-refractivity contribution in [2.45, 2.75) is 224 Å². The molecule has 678 valence electrons. The molecule has 2 aromatic rings. The van der Waals surface area contributed by atoms with Crippen molar-refractivity contribution in [1.29, 1.82) is 0 Å². The van der Waals surface area contributed by atoms with Gasteiger partial charge in [-0.3, -0.25) is 37.1 Å². The Bertz CT molecular complexity index is 3600. The second-order valence-electron chi connectivity index (χ2n) is 27.9. The highest BCUT2D eigenvalue weighted by molar-refractivity contribution is 8.79. The zero-order valence-corrected chi connectivity index (χ0v) is 86.0. The van der Waals surface area contributed by atoms with E-state index >= 15 is 0 Å². The highest BCUT2D eigenvalue weighted by Gasteiger charge is 2.41. The second-order valence-corrected chi connectivity index (χ2v) is 61.9. The van der Waals surface area contributed by atoms with Gasteiger partial charge in [-0.15, -0.1) is 0 Å². The smallest absolute Gasteiger partial charge is 0.317 e. The Balaban J connectivity index is 0.000000350. The zero-order chi connectivity index (χ0) is 87.9. The molecule has 11 heterocycles. The van der Waals surface area contributed by atoms with Gasteiger partial charge in [0.15, 0.2) is 0 Å². The summed E-state index contributed by atoms with van der Waals surface area (Å²) in [7, 11) is 14.7. The van der Waals surface area contributed by atoms with E-state index in [0.29, 0.717) is 54.2 Å². The summed E-state index contributed by atoms with van der Waals surface area (Å²) in [4.78, 5) is 74.3. The number of ketones is 4.